The zero-order chi connectivity index (χ0) is 10.8. The third kappa shape index (κ3) is 2.06. The van der Waals surface area contributed by atoms with Gasteiger partial charge >= 0.3 is 12.0 Å². The number of rotatable bonds is 2. The van der Waals surface area contributed by atoms with Gasteiger partial charge in [-0.25, -0.2) is 9.59 Å². The van der Waals surface area contributed by atoms with E-state index in [1.165, 1.54) is 6.42 Å². The van der Waals surface area contributed by atoms with Crippen molar-refractivity contribution in [2.24, 2.45) is 5.92 Å². The van der Waals surface area contributed by atoms with Crippen LogP contribution in [0.4, 0.5) is 4.79 Å². The number of carboxylic acid groups (broad SMARTS) is 1. The van der Waals surface area contributed by atoms with Crippen LogP contribution in [0.5, 0.6) is 0 Å². The number of aliphatic carboxylic acids is 1. The molecule has 0 aromatic carbocycles. The van der Waals surface area contributed by atoms with Crippen molar-refractivity contribution in [2.45, 2.75) is 44.2 Å². The summed E-state index contributed by atoms with van der Waals surface area (Å²) in [6.45, 7) is 0. The van der Waals surface area contributed by atoms with Gasteiger partial charge in [0, 0.05) is 0 Å². The molecule has 2 unspecified atom stereocenters. The van der Waals surface area contributed by atoms with Gasteiger partial charge in [0.05, 0.1) is 6.04 Å². The van der Waals surface area contributed by atoms with Crippen molar-refractivity contribution in [3.8, 4) is 0 Å². The molecule has 0 aromatic rings. The Morgan fingerprint density at radius 1 is 1.20 bits per heavy atom. The molecule has 0 aromatic heterocycles. The Bertz CT molecular complexity index is 274. The SMILES string of the molecule is O=C1NC(C(=O)O)C(C2CCCCC2)N1. The first-order valence-corrected chi connectivity index (χ1v) is 5.48. The predicted molar refractivity (Wildman–Crippen MR) is 53.5 cm³/mol. The van der Waals surface area contributed by atoms with Gasteiger partial charge in [-0.05, 0) is 18.8 Å². The second kappa shape index (κ2) is 4.08. The molecule has 84 valence electrons. The minimum Gasteiger partial charge on any atom is -0.480 e. The molecule has 0 spiro atoms. The van der Waals surface area contributed by atoms with Crippen LogP contribution in [-0.4, -0.2) is 29.2 Å². The molecule has 2 rings (SSSR count). The van der Waals surface area contributed by atoms with Crippen molar-refractivity contribution in [3.63, 3.8) is 0 Å². The summed E-state index contributed by atoms with van der Waals surface area (Å²) in [6, 6.07) is -1.33. The largest absolute Gasteiger partial charge is 0.480 e. The maximum atomic E-state index is 11.1. The van der Waals surface area contributed by atoms with Gasteiger partial charge < -0.3 is 15.7 Å². The summed E-state index contributed by atoms with van der Waals surface area (Å²) in [5.41, 5.74) is 0. The van der Waals surface area contributed by atoms with Gasteiger partial charge in [0.2, 0.25) is 0 Å². The molecule has 1 heterocycles. The number of hydrogen-bond donors (Lipinski definition) is 3. The Morgan fingerprint density at radius 2 is 1.87 bits per heavy atom. The number of carboxylic acids is 1. The minimum absolute atomic E-state index is 0.227. The highest BCUT2D eigenvalue weighted by Gasteiger charge is 2.41. The molecular formula is C10H16N2O3. The molecule has 1 aliphatic carbocycles. The minimum atomic E-state index is -0.941. The Kier molecular flexibility index (Phi) is 2.79. The molecule has 2 amide bonds. The highest BCUT2D eigenvalue weighted by atomic mass is 16.4. The van der Waals surface area contributed by atoms with Crippen LogP contribution >= 0.6 is 0 Å². The van der Waals surface area contributed by atoms with E-state index in [4.69, 9.17) is 5.11 Å². The third-order valence-corrected chi connectivity index (χ3v) is 3.37. The molecule has 0 radical (unpaired) electrons. The van der Waals surface area contributed by atoms with Crippen LogP contribution < -0.4 is 10.6 Å². The second-order valence-corrected chi connectivity index (χ2v) is 4.36. The Hall–Kier alpha value is -1.26. The molecule has 2 atom stereocenters. The van der Waals surface area contributed by atoms with Gasteiger partial charge in [-0.15, -0.1) is 0 Å². The number of hydrogen-bond acceptors (Lipinski definition) is 2. The van der Waals surface area contributed by atoms with Gasteiger partial charge in [-0.2, -0.15) is 0 Å². The van der Waals surface area contributed by atoms with Crippen LogP contribution in [0, 0.1) is 5.92 Å². The van der Waals surface area contributed by atoms with Crippen molar-refractivity contribution >= 4 is 12.0 Å². The summed E-state index contributed by atoms with van der Waals surface area (Å²) in [6.07, 6.45) is 5.56. The smallest absolute Gasteiger partial charge is 0.328 e. The van der Waals surface area contributed by atoms with Gasteiger partial charge in [-0.1, -0.05) is 19.3 Å². The second-order valence-electron chi connectivity index (χ2n) is 4.36. The van der Waals surface area contributed by atoms with E-state index in [9.17, 15) is 9.59 Å². The summed E-state index contributed by atoms with van der Waals surface area (Å²) in [7, 11) is 0. The van der Waals surface area contributed by atoms with Gasteiger partial charge in [0.25, 0.3) is 0 Å². The number of carbonyl (C=O) groups is 2. The predicted octanol–water partition coefficient (Wildman–Crippen LogP) is 0.701. The molecule has 1 saturated heterocycles. The lowest BCUT2D eigenvalue weighted by molar-refractivity contribution is -0.139. The maximum Gasteiger partial charge on any atom is 0.328 e. The first-order valence-electron chi connectivity index (χ1n) is 5.48. The van der Waals surface area contributed by atoms with E-state index < -0.39 is 12.0 Å². The van der Waals surface area contributed by atoms with Crippen LogP contribution in [0.25, 0.3) is 0 Å². The van der Waals surface area contributed by atoms with E-state index in [-0.39, 0.29) is 12.1 Å². The molecule has 5 nitrogen and oxygen atoms in total. The number of carbonyl (C=O) groups excluding carboxylic acids is 1. The summed E-state index contributed by atoms with van der Waals surface area (Å²) >= 11 is 0. The fraction of sp³-hybridized carbons (Fsp3) is 0.800. The van der Waals surface area contributed by atoms with Crippen LogP contribution in [0.2, 0.25) is 0 Å². The molecule has 1 saturated carbocycles. The molecule has 0 bridgehead atoms. The average Bonchev–Trinajstić information content (AvgIpc) is 2.62. The molecule has 3 N–H and O–H groups in total. The summed E-state index contributed by atoms with van der Waals surface area (Å²) in [5.74, 6) is -0.622. The number of nitrogens with one attached hydrogen (secondary N) is 2. The highest BCUT2D eigenvalue weighted by Crippen LogP contribution is 2.29. The lowest BCUT2D eigenvalue weighted by Gasteiger charge is -2.28. The van der Waals surface area contributed by atoms with Crippen molar-refractivity contribution in [3.05, 3.63) is 0 Å². The quantitative estimate of drug-likeness (QED) is 0.630. The first-order chi connectivity index (χ1) is 7.18. The van der Waals surface area contributed by atoms with Crippen molar-refractivity contribution in [1.82, 2.24) is 10.6 Å². The zero-order valence-corrected chi connectivity index (χ0v) is 8.53. The molecule has 15 heavy (non-hydrogen) atoms. The normalized spacial score (nSPS) is 32.1. The van der Waals surface area contributed by atoms with Crippen LogP contribution in [0.15, 0.2) is 0 Å². The van der Waals surface area contributed by atoms with Gasteiger partial charge in [-0.3, -0.25) is 0 Å². The zero-order valence-electron chi connectivity index (χ0n) is 8.53. The van der Waals surface area contributed by atoms with E-state index in [2.05, 4.69) is 10.6 Å². The van der Waals surface area contributed by atoms with Crippen LogP contribution in [0.1, 0.15) is 32.1 Å². The van der Waals surface area contributed by atoms with E-state index in [1.54, 1.807) is 0 Å². The third-order valence-electron chi connectivity index (χ3n) is 3.37. The topological polar surface area (TPSA) is 78.4 Å². The summed E-state index contributed by atoms with van der Waals surface area (Å²) in [4.78, 5) is 22.1. The molecular weight excluding hydrogens is 196 g/mol. The lowest BCUT2D eigenvalue weighted by Crippen LogP contribution is -2.45. The van der Waals surface area contributed by atoms with Gasteiger partial charge in [0.15, 0.2) is 0 Å². The first kappa shape index (κ1) is 10.3. The molecule has 2 fully saturated rings. The molecule has 5 heteroatoms. The van der Waals surface area contributed by atoms with E-state index in [0.717, 1.165) is 25.7 Å². The number of urea groups is 1. The van der Waals surface area contributed by atoms with Crippen molar-refractivity contribution < 1.29 is 14.7 Å². The van der Waals surface area contributed by atoms with E-state index >= 15 is 0 Å². The monoisotopic (exact) mass is 212 g/mol. The maximum absolute atomic E-state index is 11.1. The standard InChI is InChI=1S/C10H16N2O3/c13-9(14)8-7(11-10(15)12-8)6-4-2-1-3-5-6/h6-8H,1-5H2,(H,13,14)(H2,11,12,15). The fourth-order valence-electron chi connectivity index (χ4n) is 2.61. The number of amides is 2. The Balaban J connectivity index is 2.05. The van der Waals surface area contributed by atoms with E-state index in [1.807, 2.05) is 0 Å². The summed E-state index contributed by atoms with van der Waals surface area (Å²) < 4.78 is 0. The van der Waals surface area contributed by atoms with Crippen molar-refractivity contribution in [1.29, 1.82) is 0 Å². The summed E-state index contributed by atoms with van der Waals surface area (Å²) in [5, 5.41) is 14.2. The van der Waals surface area contributed by atoms with Crippen LogP contribution in [0.3, 0.4) is 0 Å². The average molecular weight is 212 g/mol. The Labute approximate surface area is 88.2 Å². The molecule has 1 aliphatic heterocycles. The Morgan fingerprint density at radius 3 is 2.47 bits per heavy atom. The fourth-order valence-corrected chi connectivity index (χ4v) is 2.61. The lowest BCUT2D eigenvalue weighted by atomic mass is 9.81. The highest BCUT2D eigenvalue weighted by molar-refractivity contribution is 5.87. The van der Waals surface area contributed by atoms with Gasteiger partial charge in [0.1, 0.15) is 6.04 Å². The van der Waals surface area contributed by atoms with Crippen LogP contribution in [-0.2, 0) is 4.79 Å². The van der Waals surface area contributed by atoms with E-state index in [0.29, 0.717) is 5.92 Å². The molecule has 2 aliphatic rings. The van der Waals surface area contributed by atoms with Crippen molar-refractivity contribution in [2.75, 3.05) is 0 Å².